The second kappa shape index (κ2) is 7.44. The van der Waals surface area contributed by atoms with Crippen molar-refractivity contribution in [1.29, 1.82) is 0 Å². The SMILES string of the molecule is O=C(Nc1n[nH]c2ccc(OCCCF)cc12)c1ccc(Br)cc1. The Morgan fingerprint density at radius 3 is 2.79 bits per heavy atom. The number of carbonyl (C=O) groups excluding carboxylic acids is 1. The van der Waals surface area contributed by atoms with Crippen molar-refractivity contribution in [2.75, 3.05) is 18.6 Å². The van der Waals surface area contributed by atoms with Gasteiger partial charge in [-0.15, -0.1) is 0 Å². The maximum Gasteiger partial charge on any atom is 0.256 e. The zero-order valence-electron chi connectivity index (χ0n) is 12.7. The molecule has 0 radical (unpaired) electrons. The first kappa shape index (κ1) is 16.4. The minimum absolute atomic E-state index is 0.250. The predicted octanol–water partition coefficient (Wildman–Crippen LogP) is 4.32. The number of alkyl halides is 1. The van der Waals surface area contributed by atoms with Gasteiger partial charge in [-0.05, 0) is 42.5 Å². The third-order valence-electron chi connectivity index (χ3n) is 3.42. The molecular formula is C17H15BrFN3O2. The molecule has 2 aromatic carbocycles. The average molecular weight is 392 g/mol. The van der Waals surface area contributed by atoms with Crippen molar-refractivity contribution in [3.05, 3.63) is 52.5 Å². The Morgan fingerprint density at radius 2 is 2.04 bits per heavy atom. The Balaban J connectivity index is 1.79. The molecular weight excluding hydrogens is 377 g/mol. The number of hydrogen-bond donors (Lipinski definition) is 2. The fourth-order valence-electron chi connectivity index (χ4n) is 2.20. The maximum absolute atomic E-state index is 12.3. The van der Waals surface area contributed by atoms with Gasteiger partial charge >= 0.3 is 0 Å². The van der Waals surface area contributed by atoms with Crippen LogP contribution in [-0.2, 0) is 0 Å². The second-order valence-electron chi connectivity index (χ2n) is 5.13. The summed E-state index contributed by atoms with van der Waals surface area (Å²) < 4.78 is 18.5. The van der Waals surface area contributed by atoms with Crippen molar-refractivity contribution in [3.8, 4) is 5.75 Å². The van der Waals surface area contributed by atoms with E-state index in [9.17, 15) is 9.18 Å². The molecule has 0 atom stereocenters. The predicted molar refractivity (Wildman–Crippen MR) is 94.3 cm³/mol. The number of halogens is 2. The number of rotatable bonds is 6. The van der Waals surface area contributed by atoms with E-state index >= 15 is 0 Å². The van der Waals surface area contributed by atoms with Crippen molar-refractivity contribution in [2.45, 2.75) is 6.42 Å². The van der Waals surface area contributed by atoms with Crippen molar-refractivity contribution in [2.24, 2.45) is 0 Å². The Kier molecular flexibility index (Phi) is 5.10. The molecule has 0 aliphatic heterocycles. The van der Waals surface area contributed by atoms with Crippen LogP contribution >= 0.6 is 15.9 Å². The molecule has 0 aliphatic carbocycles. The summed E-state index contributed by atoms with van der Waals surface area (Å²) in [5, 5.41) is 10.5. The van der Waals surface area contributed by atoms with Gasteiger partial charge in [0.25, 0.3) is 5.91 Å². The minimum atomic E-state index is -0.414. The second-order valence-corrected chi connectivity index (χ2v) is 6.05. The highest BCUT2D eigenvalue weighted by Gasteiger charge is 2.12. The van der Waals surface area contributed by atoms with Crippen LogP contribution in [0.5, 0.6) is 5.75 Å². The standard InChI is InChI=1S/C17H15BrFN3O2/c18-12-4-2-11(3-5-12)17(23)20-16-14-10-13(24-9-1-8-19)6-7-15(14)21-22-16/h2-7,10H,1,8-9H2,(H2,20,21,22,23). The monoisotopic (exact) mass is 391 g/mol. The van der Waals surface area contributed by atoms with E-state index in [1.165, 1.54) is 0 Å². The summed E-state index contributed by atoms with van der Waals surface area (Å²) in [4.78, 5) is 12.3. The molecule has 5 nitrogen and oxygen atoms in total. The van der Waals surface area contributed by atoms with E-state index in [4.69, 9.17) is 4.74 Å². The van der Waals surface area contributed by atoms with Crippen LogP contribution in [0.2, 0.25) is 0 Å². The third kappa shape index (κ3) is 3.73. The van der Waals surface area contributed by atoms with Crippen LogP contribution in [0.1, 0.15) is 16.8 Å². The molecule has 0 fully saturated rings. The number of aromatic amines is 1. The van der Waals surface area contributed by atoms with Gasteiger partial charge in [-0.3, -0.25) is 14.3 Å². The first-order valence-electron chi connectivity index (χ1n) is 7.41. The smallest absolute Gasteiger partial charge is 0.256 e. The Hall–Kier alpha value is -2.41. The zero-order valence-corrected chi connectivity index (χ0v) is 14.3. The first-order valence-corrected chi connectivity index (χ1v) is 8.20. The molecule has 124 valence electrons. The molecule has 0 aliphatic rings. The number of hydrogen-bond acceptors (Lipinski definition) is 3. The summed E-state index contributed by atoms with van der Waals surface area (Å²) in [7, 11) is 0. The quantitative estimate of drug-likeness (QED) is 0.615. The van der Waals surface area contributed by atoms with Crippen LogP contribution in [0, 0.1) is 0 Å². The number of fused-ring (bicyclic) bond motifs is 1. The van der Waals surface area contributed by atoms with Crippen molar-refractivity contribution < 1.29 is 13.9 Å². The molecule has 0 bridgehead atoms. The van der Waals surface area contributed by atoms with Crippen LogP contribution < -0.4 is 10.1 Å². The topological polar surface area (TPSA) is 67.0 Å². The van der Waals surface area contributed by atoms with Gasteiger partial charge in [0.15, 0.2) is 5.82 Å². The molecule has 2 N–H and O–H groups in total. The van der Waals surface area contributed by atoms with E-state index in [1.54, 1.807) is 36.4 Å². The largest absolute Gasteiger partial charge is 0.493 e. The Labute approximate surface area is 146 Å². The van der Waals surface area contributed by atoms with Gasteiger partial charge < -0.3 is 10.1 Å². The maximum atomic E-state index is 12.3. The van der Waals surface area contributed by atoms with Crippen molar-refractivity contribution in [3.63, 3.8) is 0 Å². The molecule has 1 aromatic heterocycles. The number of nitrogens with one attached hydrogen (secondary N) is 2. The summed E-state index contributed by atoms with van der Waals surface area (Å²) in [5.74, 6) is 0.782. The van der Waals surface area contributed by atoms with Gasteiger partial charge in [0, 0.05) is 21.8 Å². The lowest BCUT2D eigenvalue weighted by Crippen LogP contribution is -2.12. The number of aromatic nitrogens is 2. The number of amides is 1. The summed E-state index contributed by atoms with van der Waals surface area (Å²) in [6.45, 7) is -0.108. The molecule has 1 heterocycles. The summed E-state index contributed by atoms with van der Waals surface area (Å²) in [6.07, 6.45) is 0.344. The van der Waals surface area contributed by atoms with Crippen LogP contribution in [-0.4, -0.2) is 29.4 Å². The normalized spacial score (nSPS) is 10.8. The van der Waals surface area contributed by atoms with E-state index in [-0.39, 0.29) is 5.91 Å². The number of benzene rings is 2. The van der Waals surface area contributed by atoms with Gasteiger partial charge in [-0.25, -0.2) is 0 Å². The molecule has 0 saturated carbocycles. The highest BCUT2D eigenvalue weighted by atomic mass is 79.9. The lowest BCUT2D eigenvalue weighted by molar-refractivity contribution is 0.102. The van der Waals surface area contributed by atoms with Crippen molar-refractivity contribution in [1.82, 2.24) is 10.2 Å². The van der Waals surface area contributed by atoms with Gasteiger partial charge in [-0.1, -0.05) is 15.9 Å². The molecule has 7 heteroatoms. The fraction of sp³-hybridized carbons (Fsp3) is 0.176. The van der Waals surface area contributed by atoms with Gasteiger partial charge in [0.1, 0.15) is 5.75 Å². The van der Waals surface area contributed by atoms with Crippen LogP contribution in [0.4, 0.5) is 10.2 Å². The fourth-order valence-corrected chi connectivity index (χ4v) is 2.47. The van der Waals surface area contributed by atoms with Crippen LogP contribution in [0.25, 0.3) is 10.9 Å². The summed E-state index contributed by atoms with van der Waals surface area (Å²) >= 11 is 3.34. The number of anilines is 1. The molecule has 3 aromatic rings. The van der Waals surface area contributed by atoms with E-state index in [1.807, 2.05) is 6.07 Å². The van der Waals surface area contributed by atoms with Gasteiger partial charge in [0.2, 0.25) is 0 Å². The molecule has 0 spiro atoms. The lowest BCUT2D eigenvalue weighted by atomic mass is 10.2. The number of nitrogens with zero attached hydrogens (tertiary/aromatic N) is 1. The molecule has 24 heavy (non-hydrogen) atoms. The molecule has 0 unspecified atom stereocenters. The highest BCUT2D eigenvalue weighted by molar-refractivity contribution is 9.10. The average Bonchev–Trinajstić information content (AvgIpc) is 2.98. The van der Waals surface area contributed by atoms with Crippen LogP contribution in [0.15, 0.2) is 46.9 Å². The molecule has 0 saturated heterocycles. The molecule has 1 amide bonds. The van der Waals surface area contributed by atoms with E-state index in [0.29, 0.717) is 30.2 Å². The Morgan fingerprint density at radius 1 is 1.25 bits per heavy atom. The van der Waals surface area contributed by atoms with Crippen molar-refractivity contribution >= 4 is 38.6 Å². The summed E-state index contributed by atoms with van der Waals surface area (Å²) in [6, 6.07) is 12.4. The van der Waals surface area contributed by atoms with Crippen LogP contribution in [0.3, 0.4) is 0 Å². The lowest BCUT2D eigenvalue weighted by Gasteiger charge is -2.06. The van der Waals surface area contributed by atoms with Gasteiger partial charge in [0.05, 0.1) is 18.8 Å². The number of H-pyrrole nitrogens is 1. The van der Waals surface area contributed by atoms with E-state index in [2.05, 4.69) is 31.4 Å². The highest BCUT2D eigenvalue weighted by Crippen LogP contribution is 2.26. The number of ether oxygens (including phenoxy) is 1. The van der Waals surface area contributed by atoms with Gasteiger partial charge in [-0.2, -0.15) is 5.10 Å². The first-order chi connectivity index (χ1) is 11.7. The minimum Gasteiger partial charge on any atom is -0.493 e. The zero-order chi connectivity index (χ0) is 16.9. The summed E-state index contributed by atoms with van der Waals surface area (Å²) in [5.41, 5.74) is 1.31. The van der Waals surface area contributed by atoms with E-state index in [0.717, 1.165) is 15.4 Å². The van der Waals surface area contributed by atoms with E-state index < -0.39 is 6.67 Å². The Bertz CT molecular complexity index is 849. The molecule has 3 rings (SSSR count). The third-order valence-corrected chi connectivity index (χ3v) is 3.95. The number of carbonyl (C=O) groups is 1.